The Hall–Kier alpha value is -2.37. The van der Waals surface area contributed by atoms with Gasteiger partial charge in [0.15, 0.2) is 0 Å². The molecular formula is C16H19N3O3. The number of carbonyl (C=O) groups excluding carboxylic acids is 1. The van der Waals surface area contributed by atoms with E-state index in [4.69, 9.17) is 9.47 Å². The number of fused-ring (bicyclic) bond motifs is 1. The summed E-state index contributed by atoms with van der Waals surface area (Å²) in [6.07, 6.45) is 2.19. The molecule has 6 heteroatoms. The van der Waals surface area contributed by atoms with Gasteiger partial charge in [0.25, 0.3) is 0 Å². The molecule has 22 heavy (non-hydrogen) atoms. The van der Waals surface area contributed by atoms with Crippen molar-refractivity contribution in [2.75, 3.05) is 13.7 Å². The Bertz CT molecular complexity index is 639. The summed E-state index contributed by atoms with van der Waals surface area (Å²) in [7, 11) is 1.43. The van der Waals surface area contributed by atoms with E-state index in [0.29, 0.717) is 19.6 Å². The van der Waals surface area contributed by atoms with Crippen LogP contribution < -0.4 is 4.74 Å². The monoisotopic (exact) mass is 301 g/mol. The second kappa shape index (κ2) is 6.60. The lowest BCUT2D eigenvalue weighted by atomic mass is 9.99. The Labute approximate surface area is 129 Å². The summed E-state index contributed by atoms with van der Waals surface area (Å²) in [6.45, 7) is 1.13. The zero-order chi connectivity index (χ0) is 15.4. The molecule has 1 aromatic carbocycles. The van der Waals surface area contributed by atoms with Gasteiger partial charge in [-0.25, -0.2) is 0 Å². The van der Waals surface area contributed by atoms with E-state index in [9.17, 15) is 4.79 Å². The zero-order valence-corrected chi connectivity index (χ0v) is 12.6. The van der Waals surface area contributed by atoms with E-state index >= 15 is 0 Å². The van der Waals surface area contributed by atoms with Gasteiger partial charge in [-0.1, -0.05) is 18.2 Å². The van der Waals surface area contributed by atoms with E-state index in [2.05, 4.69) is 10.2 Å². The van der Waals surface area contributed by atoms with Crippen LogP contribution in [0, 0.1) is 5.92 Å². The lowest BCUT2D eigenvalue weighted by molar-refractivity contribution is -0.146. The van der Waals surface area contributed by atoms with Crippen LogP contribution in [-0.4, -0.2) is 34.5 Å². The van der Waals surface area contributed by atoms with Crippen molar-refractivity contribution in [2.24, 2.45) is 5.92 Å². The van der Waals surface area contributed by atoms with Gasteiger partial charge in [-0.15, -0.1) is 10.2 Å². The maximum atomic E-state index is 11.7. The molecule has 6 nitrogen and oxygen atoms in total. The summed E-state index contributed by atoms with van der Waals surface area (Å²) < 4.78 is 12.6. The number of esters is 1. The number of ether oxygens (including phenoxy) is 2. The fourth-order valence-corrected chi connectivity index (χ4v) is 2.70. The number of benzene rings is 1. The zero-order valence-electron chi connectivity index (χ0n) is 12.6. The molecule has 0 bridgehead atoms. The largest absolute Gasteiger partial charge is 0.493 e. The van der Waals surface area contributed by atoms with Gasteiger partial charge >= 0.3 is 5.97 Å². The van der Waals surface area contributed by atoms with Gasteiger partial charge in [0.2, 0.25) is 0 Å². The Morgan fingerprint density at radius 3 is 2.91 bits per heavy atom. The van der Waals surface area contributed by atoms with Crippen molar-refractivity contribution in [1.82, 2.24) is 14.8 Å². The molecule has 1 aliphatic heterocycles. The topological polar surface area (TPSA) is 66.2 Å². The highest BCUT2D eigenvalue weighted by atomic mass is 16.5. The number of hydrogen-bond acceptors (Lipinski definition) is 5. The predicted molar refractivity (Wildman–Crippen MR) is 79.5 cm³/mol. The van der Waals surface area contributed by atoms with Crippen LogP contribution in [0.15, 0.2) is 30.3 Å². The van der Waals surface area contributed by atoms with Crippen LogP contribution in [0.4, 0.5) is 0 Å². The molecular weight excluding hydrogens is 282 g/mol. The third-order valence-electron chi connectivity index (χ3n) is 3.90. The Morgan fingerprint density at radius 1 is 1.32 bits per heavy atom. The number of rotatable bonds is 5. The molecule has 0 saturated carbocycles. The number of methoxy groups -OCH3 is 1. The van der Waals surface area contributed by atoms with Crippen molar-refractivity contribution in [3.63, 3.8) is 0 Å². The third kappa shape index (κ3) is 3.10. The molecule has 1 unspecified atom stereocenters. The van der Waals surface area contributed by atoms with Gasteiger partial charge in [-0.3, -0.25) is 4.79 Å². The van der Waals surface area contributed by atoms with Crippen molar-refractivity contribution in [1.29, 1.82) is 0 Å². The van der Waals surface area contributed by atoms with Gasteiger partial charge in [0.1, 0.15) is 17.4 Å². The van der Waals surface area contributed by atoms with Crippen LogP contribution in [0.1, 0.15) is 18.1 Å². The second-order valence-electron chi connectivity index (χ2n) is 5.31. The van der Waals surface area contributed by atoms with Gasteiger partial charge in [0.05, 0.1) is 19.6 Å². The van der Waals surface area contributed by atoms with Crippen molar-refractivity contribution in [2.45, 2.75) is 25.8 Å². The number of aromatic nitrogens is 3. The Balaban J connectivity index is 1.62. The fourth-order valence-electron chi connectivity index (χ4n) is 2.70. The molecule has 3 rings (SSSR count). The summed E-state index contributed by atoms with van der Waals surface area (Å²) in [5.41, 5.74) is 0. The quantitative estimate of drug-likeness (QED) is 0.785. The first-order chi connectivity index (χ1) is 10.8. The van der Waals surface area contributed by atoms with E-state index in [1.54, 1.807) is 0 Å². The number of carbonyl (C=O) groups is 1. The van der Waals surface area contributed by atoms with E-state index in [1.807, 2.05) is 34.9 Å². The van der Waals surface area contributed by atoms with Crippen molar-refractivity contribution in [3.8, 4) is 5.75 Å². The van der Waals surface area contributed by atoms with Crippen LogP contribution in [0.25, 0.3) is 0 Å². The van der Waals surface area contributed by atoms with E-state index in [1.165, 1.54) is 7.11 Å². The molecule has 0 N–H and O–H groups in total. The van der Waals surface area contributed by atoms with Crippen molar-refractivity contribution >= 4 is 5.97 Å². The minimum atomic E-state index is -0.161. The SMILES string of the molecule is COC(=O)C1CCc2nnc(CCOc3ccccc3)n2C1. The standard InChI is InChI=1S/C16H19N3O3/c1-21-16(20)12-7-8-14-17-18-15(19(14)11-12)9-10-22-13-5-3-2-4-6-13/h2-6,12H,7-11H2,1H3. The highest BCUT2D eigenvalue weighted by Crippen LogP contribution is 2.21. The number of aryl methyl sites for hydroxylation is 1. The van der Waals surface area contributed by atoms with Crippen LogP contribution in [0.2, 0.25) is 0 Å². The van der Waals surface area contributed by atoms with Crippen LogP contribution >= 0.6 is 0 Å². The summed E-state index contributed by atoms with van der Waals surface area (Å²) >= 11 is 0. The lowest BCUT2D eigenvalue weighted by Gasteiger charge is -2.22. The molecule has 0 saturated heterocycles. The molecule has 116 valence electrons. The molecule has 1 aromatic heterocycles. The number of nitrogens with zero attached hydrogens (tertiary/aromatic N) is 3. The Kier molecular flexibility index (Phi) is 4.37. The molecule has 0 fully saturated rings. The van der Waals surface area contributed by atoms with Crippen LogP contribution in [-0.2, 0) is 28.9 Å². The molecule has 0 amide bonds. The van der Waals surface area contributed by atoms with Crippen LogP contribution in [0.5, 0.6) is 5.75 Å². The van der Waals surface area contributed by atoms with Crippen molar-refractivity contribution < 1.29 is 14.3 Å². The summed E-state index contributed by atoms with van der Waals surface area (Å²) in [5.74, 6) is 2.37. The van der Waals surface area contributed by atoms with Gasteiger partial charge in [0, 0.05) is 19.4 Å². The predicted octanol–water partition coefficient (Wildman–Crippen LogP) is 1.64. The second-order valence-corrected chi connectivity index (χ2v) is 5.31. The summed E-state index contributed by atoms with van der Waals surface area (Å²) in [4.78, 5) is 11.7. The maximum absolute atomic E-state index is 11.7. The first-order valence-corrected chi connectivity index (χ1v) is 7.44. The van der Waals surface area contributed by atoms with E-state index in [-0.39, 0.29) is 11.9 Å². The minimum absolute atomic E-state index is 0.109. The average Bonchev–Trinajstić information content (AvgIpc) is 2.97. The van der Waals surface area contributed by atoms with E-state index < -0.39 is 0 Å². The fraction of sp³-hybridized carbons (Fsp3) is 0.438. The molecule has 0 aliphatic carbocycles. The maximum Gasteiger partial charge on any atom is 0.310 e. The third-order valence-corrected chi connectivity index (χ3v) is 3.90. The highest BCUT2D eigenvalue weighted by molar-refractivity contribution is 5.72. The minimum Gasteiger partial charge on any atom is -0.493 e. The first kappa shape index (κ1) is 14.6. The van der Waals surface area contributed by atoms with Gasteiger partial charge in [-0.2, -0.15) is 0 Å². The smallest absolute Gasteiger partial charge is 0.310 e. The molecule has 2 aromatic rings. The van der Waals surface area contributed by atoms with Gasteiger partial charge < -0.3 is 14.0 Å². The molecule has 2 heterocycles. The molecule has 0 radical (unpaired) electrons. The summed E-state index contributed by atoms with van der Waals surface area (Å²) in [6, 6.07) is 9.68. The molecule has 0 spiro atoms. The highest BCUT2D eigenvalue weighted by Gasteiger charge is 2.28. The first-order valence-electron chi connectivity index (χ1n) is 7.44. The van der Waals surface area contributed by atoms with Gasteiger partial charge in [-0.05, 0) is 18.6 Å². The lowest BCUT2D eigenvalue weighted by Crippen LogP contribution is -2.29. The number of hydrogen-bond donors (Lipinski definition) is 0. The normalized spacial score (nSPS) is 16.9. The average molecular weight is 301 g/mol. The number of para-hydroxylation sites is 1. The van der Waals surface area contributed by atoms with Crippen molar-refractivity contribution in [3.05, 3.63) is 42.0 Å². The van der Waals surface area contributed by atoms with E-state index in [0.717, 1.165) is 30.2 Å². The molecule has 1 aliphatic rings. The van der Waals surface area contributed by atoms with Crippen LogP contribution in [0.3, 0.4) is 0 Å². The Morgan fingerprint density at radius 2 is 2.14 bits per heavy atom. The summed E-state index contributed by atoms with van der Waals surface area (Å²) in [5, 5.41) is 8.44. The molecule has 1 atom stereocenters.